The van der Waals surface area contributed by atoms with Crippen LogP contribution in [0.25, 0.3) is 0 Å². The van der Waals surface area contributed by atoms with E-state index in [1.54, 1.807) is 7.11 Å². The molecule has 2 fully saturated rings. The van der Waals surface area contributed by atoms with Gasteiger partial charge in [-0.15, -0.1) is 0 Å². The minimum Gasteiger partial charge on any atom is -0.383 e. The van der Waals surface area contributed by atoms with Crippen LogP contribution in [0.15, 0.2) is 54.6 Å². The first kappa shape index (κ1) is 23.2. The highest BCUT2D eigenvalue weighted by molar-refractivity contribution is 6.10. The quantitative estimate of drug-likeness (QED) is 0.607. The van der Waals surface area contributed by atoms with Crippen molar-refractivity contribution in [1.82, 2.24) is 9.80 Å². The zero-order valence-corrected chi connectivity index (χ0v) is 19.5. The van der Waals surface area contributed by atoms with Crippen molar-refractivity contribution < 1.29 is 19.1 Å². The predicted molar refractivity (Wildman–Crippen MR) is 125 cm³/mol. The van der Waals surface area contributed by atoms with Gasteiger partial charge < -0.3 is 9.64 Å². The van der Waals surface area contributed by atoms with E-state index in [4.69, 9.17) is 4.74 Å². The minimum atomic E-state index is -1.18. The Morgan fingerprint density at radius 1 is 1.06 bits per heavy atom. The third-order valence-electron chi connectivity index (χ3n) is 7.01. The molecule has 0 N–H and O–H groups in total. The second-order valence-corrected chi connectivity index (χ2v) is 9.21. The summed E-state index contributed by atoms with van der Waals surface area (Å²) < 4.78 is 5.36. The van der Waals surface area contributed by atoms with E-state index in [1.165, 1.54) is 4.90 Å². The van der Waals surface area contributed by atoms with E-state index in [9.17, 15) is 14.4 Å². The van der Waals surface area contributed by atoms with Crippen LogP contribution in [0.4, 0.5) is 0 Å². The van der Waals surface area contributed by atoms with Crippen LogP contribution in [0.3, 0.4) is 0 Å². The zero-order valence-electron chi connectivity index (χ0n) is 19.5. The molecule has 2 aromatic carbocycles. The summed E-state index contributed by atoms with van der Waals surface area (Å²) in [6, 6.07) is 17.1. The lowest BCUT2D eigenvalue weighted by molar-refractivity contribution is -0.144. The fraction of sp³-hybridized carbons (Fsp3) is 0.444. The van der Waals surface area contributed by atoms with Crippen LogP contribution in [-0.2, 0) is 31.1 Å². The number of methoxy groups -OCH3 is 1. The lowest BCUT2D eigenvalue weighted by Crippen LogP contribution is -2.49. The molecule has 0 saturated carbocycles. The topological polar surface area (TPSA) is 66.9 Å². The number of likely N-dealkylation sites (tertiary alicyclic amines) is 2. The molecule has 2 aliphatic rings. The number of carbonyl (C=O) groups excluding carboxylic acids is 3. The van der Waals surface area contributed by atoms with Crippen molar-refractivity contribution in [2.75, 3.05) is 20.3 Å². The van der Waals surface area contributed by atoms with Crippen molar-refractivity contribution in [3.8, 4) is 0 Å². The highest BCUT2D eigenvalue weighted by Crippen LogP contribution is 2.42. The zero-order chi connectivity index (χ0) is 23.4. The van der Waals surface area contributed by atoms with Gasteiger partial charge in [-0.3, -0.25) is 19.3 Å². The molecule has 174 valence electrons. The molecule has 2 aromatic rings. The number of aryl methyl sites for hydroxylation is 1. The summed E-state index contributed by atoms with van der Waals surface area (Å²) in [7, 11) is 1.65. The summed E-state index contributed by atoms with van der Waals surface area (Å²) >= 11 is 0. The molecule has 3 amide bonds. The highest BCUT2D eigenvalue weighted by Gasteiger charge is 2.54. The van der Waals surface area contributed by atoms with Gasteiger partial charge >= 0.3 is 0 Å². The number of hydrogen-bond acceptors (Lipinski definition) is 4. The van der Waals surface area contributed by atoms with Crippen molar-refractivity contribution in [3.05, 3.63) is 71.3 Å². The van der Waals surface area contributed by atoms with Crippen LogP contribution in [0.1, 0.15) is 48.8 Å². The molecule has 4 rings (SSSR count). The van der Waals surface area contributed by atoms with Gasteiger partial charge in [0.2, 0.25) is 17.7 Å². The molecule has 2 atom stereocenters. The Bertz CT molecular complexity index is 1020. The fourth-order valence-corrected chi connectivity index (χ4v) is 5.33. The van der Waals surface area contributed by atoms with Gasteiger partial charge in [0.1, 0.15) is 0 Å². The average molecular weight is 449 g/mol. The van der Waals surface area contributed by atoms with Gasteiger partial charge in [0, 0.05) is 26.5 Å². The minimum absolute atomic E-state index is 0.00602. The largest absolute Gasteiger partial charge is 0.383 e. The number of carbonyl (C=O) groups is 3. The maximum Gasteiger partial charge on any atom is 0.241 e. The maximum absolute atomic E-state index is 13.9. The van der Waals surface area contributed by atoms with Crippen LogP contribution in [-0.4, -0.2) is 53.8 Å². The van der Waals surface area contributed by atoms with Crippen LogP contribution in [0, 0.1) is 6.92 Å². The van der Waals surface area contributed by atoms with Gasteiger partial charge in [-0.05, 0) is 42.9 Å². The molecule has 2 aliphatic heterocycles. The van der Waals surface area contributed by atoms with Crippen molar-refractivity contribution in [3.63, 3.8) is 0 Å². The SMILES string of the molecule is COC[C@@H]1CCCCN1C(=O)C[C@]1(c2ccccc2C)CC(=O)N(Cc2ccccc2)C1=O. The van der Waals surface area contributed by atoms with Crippen molar-refractivity contribution in [2.45, 2.75) is 57.0 Å². The molecule has 33 heavy (non-hydrogen) atoms. The third kappa shape index (κ3) is 4.58. The van der Waals surface area contributed by atoms with Gasteiger partial charge in [0.15, 0.2) is 0 Å². The Balaban J connectivity index is 1.68. The standard InChI is InChI=1S/C27H32N2O4/c1-20-10-6-7-14-23(20)27(16-24(30)28-15-9-8-13-22(28)19-33-2)17-25(31)29(26(27)32)18-21-11-4-3-5-12-21/h3-7,10-12,14,22H,8-9,13,15-19H2,1-2H3/t22-,27+/m0/s1. The predicted octanol–water partition coefficient (Wildman–Crippen LogP) is 3.61. The molecule has 2 heterocycles. The van der Waals surface area contributed by atoms with E-state index in [-0.39, 0.29) is 43.1 Å². The number of ether oxygens (including phenoxy) is 1. The molecular formula is C27H32N2O4. The molecule has 0 aromatic heterocycles. The average Bonchev–Trinajstić information content (AvgIpc) is 3.05. The molecule has 0 unspecified atom stereocenters. The number of amides is 3. The van der Waals surface area contributed by atoms with Gasteiger partial charge in [-0.1, -0.05) is 54.6 Å². The summed E-state index contributed by atoms with van der Waals surface area (Å²) in [6.45, 7) is 3.30. The lowest BCUT2D eigenvalue weighted by Gasteiger charge is -2.38. The molecule has 0 bridgehead atoms. The number of benzene rings is 2. The Morgan fingerprint density at radius 3 is 2.52 bits per heavy atom. The van der Waals surface area contributed by atoms with Gasteiger partial charge in [-0.2, -0.15) is 0 Å². The molecule has 6 nitrogen and oxygen atoms in total. The summed E-state index contributed by atoms with van der Waals surface area (Å²) in [5.41, 5.74) is 1.40. The molecule has 0 spiro atoms. The van der Waals surface area contributed by atoms with Crippen LogP contribution in [0.2, 0.25) is 0 Å². The second-order valence-electron chi connectivity index (χ2n) is 9.21. The smallest absolute Gasteiger partial charge is 0.241 e. The Labute approximate surface area is 195 Å². The normalized spacial score (nSPS) is 23.3. The van der Waals surface area contributed by atoms with Crippen molar-refractivity contribution in [1.29, 1.82) is 0 Å². The van der Waals surface area contributed by atoms with Crippen LogP contribution < -0.4 is 0 Å². The van der Waals surface area contributed by atoms with Crippen molar-refractivity contribution >= 4 is 17.7 Å². The lowest BCUT2D eigenvalue weighted by atomic mass is 9.73. The first-order chi connectivity index (χ1) is 16.0. The number of hydrogen-bond donors (Lipinski definition) is 0. The maximum atomic E-state index is 13.9. The number of rotatable bonds is 7. The summed E-state index contributed by atoms with van der Waals surface area (Å²) in [6.07, 6.45) is 2.90. The molecular weight excluding hydrogens is 416 g/mol. The van der Waals surface area contributed by atoms with E-state index in [0.29, 0.717) is 13.2 Å². The summed E-state index contributed by atoms with van der Waals surface area (Å²) in [4.78, 5) is 43.9. The first-order valence-electron chi connectivity index (χ1n) is 11.7. The van der Waals surface area contributed by atoms with Gasteiger partial charge in [0.25, 0.3) is 0 Å². The second kappa shape index (κ2) is 9.87. The van der Waals surface area contributed by atoms with Crippen molar-refractivity contribution in [2.24, 2.45) is 0 Å². The van der Waals surface area contributed by atoms with E-state index < -0.39 is 5.41 Å². The van der Waals surface area contributed by atoms with E-state index in [1.807, 2.05) is 66.4 Å². The monoisotopic (exact) mass is 448 g/mol. The molecule has 0 aliphatic carbocycles. The third-order valence-corrected chi connectivity index (χ3v) is 7.01. The van der Waals surface area contributed by atoms with E-state index >= 15 is 0 Å². The summed E-state index contributed by atoms with van der Waals surface area (Å²) in [5.74, 6) is -0.589. The Hall–Kier alpha value is -2.99. The fourth-order valence-electron chi connectivity index (χ4n) is 5.33. The number of piperidine rings is 1. The number of imide groups is 1. The number of nitrogens with zero attached hydrogens (tertiary/aromatic N) is 2. The molecule has 2 saturated heterocycles. The molecule has 0 radical (unpaired) electrons. The van der Waals surface area contributed by atoms with E-state index in [0.717, 1.165) is 36.0 Å². The Morgan fingerprint density at radius 2 is 1.79 bits per heavy atom. The van der Waals surface area contributed by atoms with Gasteiger partial charge in [-0.25, -0.2) is 0 Å². The van der Waals surface area contributed by atoms with Gasteiger partial charge in [0.05, 0.1) is 24.6 Å². The first-order valence-corrected chi connectivity index (χ1v) is 11.7. The highest BCUT2D eigenvalue weighted by atomic mass is 16.5. The van der Waals surface area contributed by atoms with Crippen LogP contribution >= 0.6 is 0 Å². The Kier molecular flexibility index (Phi) is 6.94. The van der Waals surface area contributed by atoms with Crippen LogP contribution in [0.5, 0.6) is 0 Å². The van der Waals surface area contributed by atoms with E-state index in [2.05, 4.69) is 0 Å². The molecule has 6 heteroatoms. The summed E-state index contributed by atoms with van der Waals surface area (Å²) in [5, 5.41) is 0.